The first kappa shape index (κ1) is 23.5. The number of hydrogen-bond acceptors (Lipinski definition) is 1. The van der Waals surface area contributed by atoms with E-state index in [-0.39, 0.29) is 6.42 Å². The first-order chi connectivity index (χ1) is 10.7. The SMILES string of the molecule is CCCCCCCC(F)(F)C(F)(F)C(F)(F)C(F)(F)CC[Si](C)=O. The van der Waals surface area contributed by atoms with Crippen molar-refractivity contribution < 1.29 is 39.6 Å². The van der Waals surface area contributed by atoms with Crippen molar-refractivity contribution in [2.45, 2.75) is 88.2 Å². The number of rotatable bonds is 12. The Kier molecular flexibility index (Phi) is 8.51. The molecule has 0 unspecified atom stereocenters. The standard InChI is InChI=1S/C14H22F8OSi/c1-3-4-5-6-7-8-11(15,16)13(19,20)14(21,22)12(17,18)9-10-24(2)23/h3-10H2,1-2H3. The van der Waals surface area contributed by atoms with Crippen LogP contribution in [0, 0.1) is 0 Å². The normalized spacial score (nSPS) is 14.1. The quantitative estimate of drug-likeness (QED) is 0.218. The fourth-order valence-electron chi connectivity index (χ4n) is 2.06. The highest BCUT2D eigenvalue weighted by Crippen LogP contribution is 2.55. The first-order valence-electron chi connectivity index (χ1n) is 7.73. The van der Waals surface area contributed by atoms with E-state index < -0.39 is 57.7 Å². The highest BCUT2D eigenvalue weighted by molar-refractivity contribution is 6.40. The van der Waals surface area contributed by atoms with Crippen molar-refractivity contribution in [3.8, 4) is 0 Å². The lowest BCUT2D eigenvalue weighted by Gasteiger charge is -2.36. The Hall–Kier alpha value is -0.543. The molecule has 0 saturated carbocycles. The van der Waals surface area contributed by atoms with Crippen molar-refractivity contribution in [3.05, 3.63) is 0 Å². The Morgan fingerprint density at radius 2 is 1.12 bits per heavy atom. The third-order valence-electron chi connectivity index (χ3n) is 3.70. The summed E-state index contributed by atoms with van der Waals surface area (Å²) in [6.07, 6.45) is -1.87. The molecule has 0 spiro atoms. The molecule has 0 aliphatic carbocycles. The minimum atomic E-state index is -6.23. The Bertz CT molecular complexity index is 412. The van der Waals surface area contributed by atoms with Crippen molar-refractivity contribution in [2.75, 3.05) is 0 Å². The summed E-state index contributed by atoms with van der Waals surface area (Å²) in [4.78, 5) is 0. The van der Waals surface area contributed by atoms with Crippen molar-refractivity contribution in [1.82, 2.24) is 0 Å². The number of hydrogen-bond donors (Lipinski definition) is 0. The highest BCUT2D eigenvalue weighted by Gasteiger charge is 2.79. The molecule has 10 heteroatoms. The van der Waals surface area contributed by atoms with Crippen LogP contribution in [0.15, 0.2) is 0 Å². The average Bonchev–Trinajstić information content (AvgIpc) is 2.44. The molecule has 0 saturated heterocycles. The zero-order valence-corrected chi connectivity index (χ0v) is 14.6. The van der Waals surface area contributed by atoms with Gasteiger partial charge in [-0.1, -0.05) is 32.6 Å². The van der Waals surface area contributed by atoms with Crippen LogP contribution < -0.4 is 0 Å². The van der Waals surface area contributed by atoms with Gasteiger partial charge in [-0.3, -0.25) is 0 Å². The van der Waals surface area contributed by atoms with Crippen LogP contribution in [-0.2, 0) is 4.46 Å². The lowest BCUT2D eigenvalue weighted by Crippen LogP contribution is -2.62. The number of alkyl halides is 8. The Labute approximate surface area is 137 Å². The van der Waals surface area contributed by atoms with Gasteiger partial charge in [-0.25, -0.2) is 0 Å². The maximum atomic E-state index is 13.5. The van der Waals surface area contributed by atoms with E-state index >= 15 is 0 Å². The van der Waals surface area contributed by atoms with Gasteiger partial charge in [-0.15, -0.1) is 0 Å². The molecular formula is C14H22F8OSi. The molecule has 24 heavy (non-hydrogen) atoms. The molecule has 1 nitrogen and oxygen atoms in total. The summed E-state index contributed by atoms with van der Waals surface area (Å²) in [7, 11) is -2.63. The third kappa shape index (κ3) is 5.49. The monoisotopic (exact) mass is 386 g/mol. The van der Waals surface area contributed by atoms with Crippen LogP contribution in [0.1, 0.15) is 51.9 Å². The van der Waals surface area contributed by atoms with Crippen LogP contribution in [0.4, 0.5) is 35.1 Å². The van der Waals surface area contributed by atoms with Gasteiger partial charge in [-0.05, 0) is 19.0 Å². The lowest BCUT2D eigenvalue weighted by atomic mass is 9.93. The lowest BCUT2D eigenvalue weighted by molar-refractivity contribution is -0.367. The van der Waals surface area contributed by atoms with Crippen molar-refractivity contribution in [1.29, 1.82) is 0 Å². The summed E-state index contributed by atoms with van der Waals surface area (Å²) in [6.45, 7) is 2.82. The molecular weight excluding hydrogens is 364 g/mol. The number of unbranched alkanes of at least 4 members (excludes halogenated alkanes) is 4. The number of halogens is 8. The molecule has 0 aromatic rings. The summed E-state index contributed by atoms with van der Waals surface area (Å²) in [6, 6.07) is -0.925. The average molecular weight is 386 g/mol. The van der Waals surface area contributed by atoms with Gasteiger partial charge in [0.05, 0.1) is 0 Å². The summed E-state index contributed by atoms with van der Waals surface area (Å²) >= 11 is 0. The molecule has 0 aromatic heterocycles. The van der Waals surface area contributed by atoms with Crippen LogP contribution in [0.2, 0.25) is 12.6 Å². The fraction of sp³-hybridized carbons (Fsp3) is 1.00. The van der Waals surface area contributed by atoms with Gasteiger partial charge in [0, 0.05) is 12.8 Å². The molecule has 0 fully saturated rings. The summed E-state index contributed by atoms with van der Waals surface area (Å²) in [5.74, 6) is -23.1. The molecule has 0 N–H and O–H groups in total. The van der Waals surface area contributed by atoms with E-state index in [1.54, 1.807) is 0 Å². The molecule has 0 heterocycles. The Morgan fingerprint density at radius 1 is 0.708 bits per heavy atom. The van der Waals surface area contributed by atoms with E-state index in [0.29, 0.717) is 12.8 Å². The van der Waals surface area contributed by atoms with Crippen LogP contribution in [-0.4, -0.2) is 32.4 Å². The summed E-state index contributed by atoms with van der Waals surface area (Å²) in [5, 5.41) is 0. The molecule has 0 bridgehead atoms. The van der Waals surface area contributed by atoms with E-state index in [0.717, 1.165) is 13.0 Å². The topological polar surface area (TPSA) is 17.1 Å². The Morgan fingerprint density at radius 3 is 1.54 bits per heavy atom. The Balaban J connectivity index is 5.10. The van der Waals surface area contributed by atoms with E-state index in [9.17, 15) is 39.6 Å². The maximum Gasteiger partial charge on any atom is 0.378 e. The van der Waals surface area contributed by atoms with Crippen LogP contribution in [0.3, 0.4) is 0 Å². The third-order valence-corrected chi connectivity index (χ3v) is 4.65. The van der Waals surface area contributed by atoms with Gasteiger partial charge in [0.2, 0.25) is 0 Å². The minimum Gasteiger partial charge on any atom is -0.389 e. The largest absolute Gasteiger partial charge is 0.389 e. The molecule has 0 amide bonds. The molecule has 144 valence electrons. The highest BCUT2D eigenvalue weighted by atomic mass is 28.3. The van der Waals surface area contributed by atoms with E-state index in [4.69, 9.17) is 0 Å². The zero-order valence-electron chi connectivity index (χ0n) is 13.6. The molecule has 0 aliphatic heterocycles. The van der Waals surface area contributed by atoms with Crippen molar-refractivity contribution in [2.24, 2.45) is 0 Å². The van der Waals surface area contributed by atoms with Gasteiger partial charge >= 0.3 is 23.7 Å². The van der Waals surface area contributed by atoms with E-state index in [2.05, 4.69) is 0 Å². The van der Waals surface area contributed by atoms with Gasteiger partial charge < -0.3 is 4.46 Å². The van der Waals surface area contributed by atoms with Crippen molar-refractivity contribution >= 4 is 8.68 Å². The molecule has 0 aliphatic rings. The van der Waals surface area contributed by atoms with E-state index in [1.165, 1.54) is 0 Å². The van der Waals surface area contributed by atoms with Gasteiger partial charge in [0.15, 0.2) is 0 Å². The zero-order chi connectivity index (χ0) is 19.2. The fourth-order valence-corrected chi connectivity index (χ4v) is 2.72. The summed E-state index contributed by atoms with van der Waals surface area (Å²) < 4.78 is 119. The molecule has 0 radical (unpaired) electrons. The minimum absolute atomic E-state index is 0.124. The predicted molar refractivity (Wildman–Crippen MR) is 74.9 cm³/mol. The molecule has 0 rings (SSSR count). The first-order valence-corrected chi connectivity index (χ1v) is 9.85. The van der Waals surface area contributed by atoms with Crippen LogP contribution in [0.25, 0.3) is 0 Å². The van der Waals surface area contributed by atoms with Gasteiger partial charge in [0.1, 0.15) is 0 Å². The molecule has 0 aromatic carbocycles. The van der Waals surface area contributed by atoms with Crippen LogP contribution >= 0.6 is 0 Å². The van der Waals surface area contributed by atoms with Gasteiger partial charge in [-0.2, -0.15) is 35.1 Å². The van der Waals surface area contributed by atoms with Crippen molar-refractivity contribution in [3.63, 3.8) is 0 Å². The second kappa shape index (κ2) is 8.71. The molecule has 0 atom stereocenters. The summed E-state index contributed by atoms with van der Waals surface area (Å²) in [5.41, 5.74) is 0. The predicted octanol–water partition coefficient (Wildman–Crippen LogP) is 6.33. The second-order valence-electron chi connectivity index (χ2n) is 5.92. The van der Waals surface area contributed by atoms with Gasteiger partial charge in [0.25, 0.3) is 8.68 Å². The second-order valence-corrected chi connectivity index (χ2v) is 7.83. The maximum absolute atomic E-state index is 13.5. The van der Waals surface area contributed by atoms with Crippen LogP contribution in [0.5, 0.6) is 0 Å². The van der Waals surface area contributed by atoms with E-state index in [1.807, 2.05) is 6.92 Å². The smallest absolute Gasteiger partial charge is 0.378 e.